The standard InChI is InChI=1S/C15H25NS/c1-4-6-9-12-17-15-11-8-7-10-13(15)14(5-2)16-3/h7-8,10-11,14,16H,4-6,9,12H2,1-3H3. The van der Waals surface area contributed by atoms with E-state index < -0.39 is 0 Å². The van der Waals surface area contributed by atoms with Gasteiger partial charge in [0.2, 0.25) is 0 Å². The van der Waals surface area contributed by atoms with Gasteiger partial charge in [0, 0.05) is 10.9 Å². The van der Waals surface area contributed by atoms with Crippen molar-refractivity contribution in [2.75, 3.05) is 12.8 Å². The third-order valence-electron chi connectivity index (χ3n) is 3.06. The van der Waals surface area contributed by atoms with Gasteiger partial charge in [0.1, 0.15) is 0 Å². The first kappa shape index (κ1) is 14.6. The van der Waals surface area contributed by atoms with Gasteiger partial charge in [0.05, 0.1) is 0 Å². The third-order valence-corrected chi connectivity index (χ3v) is 4.23. The normalized spacial score (nSPS) is 12.6. The Balaban J connectivity index is 2.63. The van der Waals surface area contributed by atoms with Crippen molar-refractivity contribution >= 4 is 11.8 Å². The minimum atomic E-state index is 0.491. The second-order valence-electron chi connectivity index (χ2n) is 4.34. The van der Waals surface area contributed by atoms with E-state index in [0.717, 1.165) is 6.42 Å². The monoisotopic (exact) mass is 251 g/mol. The molecule has 0 radical (unpaired) electrons. The summed E-state index contributed by atoms with van der Waals surface area (Å²) in [6, 6.07) is 9.29. The largest absolute Gasteiger partial charge is 0.313 e. The predicted molar refractivity (Wildman–Crippen MR) is 78.8 cm³/mol. The van der Waals surface area contributed by atoms with Crippen LogP contribution in [0.15, 0.2) is 29.2 Å². The van der Waals surface area contributed by atoms with Crippen molar-refractivity contribution < 1.29 is 0 Å². The van der Waals surface area contributed by atoms with Gasteiger partial charge in [-0.1, -0.05) is 44.9 Å². The molecule has 0 aromatic heterocycles. The fraction of sp³-hybridized carbons (Fsp3) is 0.600. The Morgan fingerprint density at radius 3 is 2.59 bits per heavy atom. The number of hydrogen-bond donors (Lipinski definition) is 1. The van der Waals surface area contributed by atoms with Crippen LogP contribution in [0.4, 0.5) is 0 Å². The summed E-state index contributed by atoms with van der Waals surface area (Å²) < 4.78 is 0. The molecule has 0 bridgehead atoms. The molecule has 1 nitrogen and oxygen atoms in total. The van der Waals surface area contributed by atoms with E-state index in [1.807, 2.05) is 18.8 Å². The summed E-state index contributed by atoms with van der Waals surface area (Å²) in [7, 11) is 2.05. The Hall–Kier alpha value is -0.470. The molecule has 0 heterocycles. The van der Waals surface area contributed by atoms with Crippen LogP contribution in [-0.2, 0) is 0 Å². The highest BCUT2D eigenvalue weighted by Gasteiger charge is 2.10. The van der Waals surface area contributed by atoms with Crippen molar-refractivity contribution in [3.63, 3.8) is 0 Å². The van der Waals surface area contributed by atoms with Crippen LogP contribution < -0.4 is 5.32 Å². The minimum Gasteiger partial charge on any atom is -0.313 e. The first-order chi connectivity index (χ1) is 8.33. The smallest absolute Gasteiger partial charge is 0.0326 e. The van der Waals surface area contributed by atoms with Gasteiger partial charge in [-0.15, -0.1) is 11.8 Å². The molecule has 1 aromatic carbocycles. The molecule has 0 saturated carbocycles. The van der Waals surface area contributed by atoms with Gasteiger partial charge in [-0.3, -0.25) is 0 Å². The SMILES string of the molecule is CCCCCSc1ccccc1C(CC)NC. The second-order valence-corrected chi connectivity index (χ2v) is 5.48. The summed E-state index contributed by atoms with van der Waals surface area (Å²) in [5, 5.41) is 3.40. The minimum absolute atomic E-state index is 0.491. The van der Waals surface area contributed by atoms with Crippen molar-refractivity contribution in [3.8, 4) is 0 Å². The summed E-state index contributed by atoms with van der Waals surface area (Å²) in [6.07, 6.45) is 5.11. The van der Waals surface area contributed by atoms with Gasteiger partial charge in [-0.25, -0.2) is 0 Å². The molecule has 2 heteroatoms. The first-order valence-corrected chi connectivity index (χ1v) is 7.71. The van der Waals surface area contributed by atoms with Gasteiger partial charge in [0.25, 0.3) is 0 Å². The number of nitrogens with one attached hydrogen (secondary N) is 1. The summed E-state index contributed by atoms with van der Waals surface area (Å²) in [4.78, 5) is 1.45. The van der Waals surface area contributed by atoms with E-state index in [1.165, 1.54) is 35.5 Å². The Morgan fingerprint density at radius 1 is 1.18 bits per heavy atom. The second kappa shape index (κ2) is 8.60. The topological polar surface area (TPSA) is 12.0 Å². The Bertz CT molecular complexity index is 308. The van der Waals surface area contributed by atoms with Gasteiger partial charge >= 0.3 is 0 Å². The van der Waals surface area contributed by atoms with Crippen molar-refractivity contribution in [1.29, 1.82) is 0 Å². The Morgan fingerprint density at radius 2 is 1.94 bits per heavy atom. The fourth-order valence-corrected chi connectivity index (χ4v) is 3.13. The molecule has 1 N–H and O–H groups in total. The van der Waals surface area contributed by atoms with E-state index in [-0.39, 0.29) is 0 Å². The lowest BCUT2D eigenvalue weighted by atomic mass is 10.1. The van der Waals surface area contributed by atoms with Gasteiger partial charge in [0.15, 0.2) is 0 Å². The number of benzene rings is 1. The maximum Gasteiger partial charge on any atom is 0.0326 e. The zero-order valence-corrected chi connectivity index (χ0v) is 12.1. The summed E-state index contributed by atoms with van der Waals surface area (Å²) in [5.41, 5.74) is 1.46. The maximum absolute atomic E-state index is 3.40. The molecule has 0 aliphatic carbocycles. The highest BCUT2D eigenvalue weighted by atomic mass is 32.2. The third kappa shape index (κ3) is 4.72. The zero-order chi connectivity index (χ0) is 12.5. The van der Waals surface area contributed by atoms with Crippen LogP contribution in [0.25, 0.3) is 0 Å². The van der Waals surface area contributed by atoms with E-state index in [2.05, 4.69) is 43.4 Å². The summed E-state index contributed by atoms with van der Waals surface area (Å²) in [5.74, 6) is 1.24. The molecule has 0 spiro atoms. The molecule has 0 amide bonds. The molecular weight excluding hydrogens is 226 g/mol. The first-order valence-electron chi connectivity index (χ1n) is 6.72. The molecule has 96 valence electrons. The highest BCUT2D eigenvalue weighted by Crippen LogP contribution is 2.29. The van der Waals surface area contributed by atoms with Crippen LogP contribution in [0, 0.1) is 0 Å². The van der Waals surface area contributed by atoms with Crippen LogP contribution in [0.3, 0.4) is 0 Å². The number of hydrogen-bond acceptors (Lipinski definition) is 2. The molecule has 17 heavy (non-hydrogen) atoms. The molecule has 0 saturated heterocycles. The fourth-order valence-electron chi connectivity index (χ4n) is 2.01. The van der Waals surface area contributed by atoms with Crippen molar-refractivity contribution in [2.45, 2.75) is 50.5 Å². The van der Waals surface area contributed by atoms with Crippen LogP contribution >= 0.6 is 11.8 Å². The van der Waals surface area contributed by atoms with Crippen LogP contribution in [-0.4, -0.2) is 12.8 Å². The number of unbranched alkanes of at least 4 members (excludes halogenated alkanes) is 2. The van der Waals surface area contributed by atoms with E-state index in [9.17, 15) is 0 Å². The molecule has 1 unspecified atom stereocenters. The van der Waals surface area contributed by atoms with Crippen LogP contribution in [0.1, 0.15) is 51.1 Å². The molecule has 1 rings (SSSR count). The van der Waals surface area contributed by atoms with Crippen molar-refractivity contribution in [1.82, 2.24) is 5.32 Å². The Kier molecular flexibility index (Phi) is 7.38. The van der Waals surface area contributed by atoms with Gasteiger partial charge in [-0.2, -0.15) is 0 Å². The van der Waals surface area contributed by atoms with Crippen molar-refractivity contribution in [2.24, 2.45) is 0 Å². The van der Waals surface area contributed by atoms with E-state index in [1.54, 1.807) is 0 Å². The van der Waals surface area contributed by atoms with Gasteiger partial charge < -0.3 is 5.32 Å². The Labute approximate surface area is 110 Å². The van der Waals surface area contributed by atoms with Crippen LogP contribution in [0.5, 0.6) is 0 Å². The molecule has 0 fully saturated rings. The molecule has 1 atom stereocenters. The molecule has 0 aliphatic heterocycles. The molecular formula is C15H25NS. The molecule has 1 aromatic rings. The average molecular weight is 251 g/mol. The number of rotatable bonds is 8. The summed E-state index contributed by atoms with van der Waals surface area (Å²) in [6.45, 7) is 4.49. The predicted octanol–water partition coefficient (Wildman–Crippen LogP) is 4.64. The van der Waals surface area contributed by atoms with Crippen molar-refractivity contribution in [3.05, 3.63) is 29.8 Å². The van der Waals surface area contributed by atoms with Gasteiger partial charge in [-0.05, 0) is 37.3 Å². The lowest BCUT2D eigenvalue weighted by Gasteiger charge is -2.18. The quantitative estimate of drug-likeness (QED) is 0.533. The average Bonchev–Trinajstić information content (AvgIpc) is 2.38. The van der Waals surface area contributed by atoms with E-state index in [4.69, 9.17) is 0 Å². The lowest BCUT2D eigenvalue weighted by Crippen LogP contribution is -2.15. The van der Waals surface area contributed by atoms with E-state index in [0.29, 0.717) is 6.04 Å². The van der Waals surface area contributed by atoms with E-state index >= 15 is 0 Å². The number of thioether (sulfide) groups is 1. The maximum atomic E-state index is 3.40. The summed E-state index contributed by atoms with van der Waals surface area (Å²) >= 11 is 2.01. The molecule has 0 aliphatic rings. The zero-order valence-electron chi connectivity index (χ0n) is 11.3. The lowest BCUT2D eigenvalue weighted by molar-refractivity contribution is 0.568. The highest BCUT2D eigenvalue weighted by molar-refractivity contribution is 7.99. The van der Waals surface area contributed by atoms with Crippen LogP contribution in [0.2, 0.25) is 0 Å².